The first-order valence-corrected chi connectivity index (χ1v) is 5.93. The zero-order valence-electron chi connectivity index (χ0n) is 7.17. The number of rotatable bonds is 1. The molecule has 1 aromatic heterocycles. The lowest BCUT2D eigenvalue weighted by Crippen LogP contribution is -1.77. The van der Waals surface area contributed by atoms with Crippen LogP contribution in [0.2, 0.25) is 0 Å². The molecule has 2 rings (SSSR count). The minimum atomic E-state index is 0.387. The van der Waals surface area contributed by atoms with Crippen LogP contribution in [0.25, 0.3) is 10.1 Å². The maximum absolute atomic E-state index is 9.60. The van der Waals surface area contributed by atoms with Gasteiger partial charge in [-0.2, -0.15) is 0 Å². The Morgan fingerprint density at radius 3 is 2.92 bits per heavy atom. The zero-order chi connectivity index (χ0) is 9.42. The largest absolute Gasteiger partial charge is 0.506 e. The Morgan fingerprint density at radius 2 is 2.23 bits per heavy atom. The van der Waals surface area contributed by atoms with Crippen LogP contribution in [0.5, 0.6) is 5.75 Å². The summed E-state index contributed by atoms with van der Waals surface area (Å²) in [5, 5.41) is 11.6. The molecule has 0 amide bonds. The lowest BCUT2D eigenvalue weighted by molar-refractivity contribution is 0.482. The van der Waals surface area contributed by atoms with Crippen molar-refractivity contribution in [2.75, 3.05) is 0 Å². The molecule has 0 aliphatic carbocycles. The van der Waals surface area contributed by atoms with Crippen LogP contribution in [-0.4, -0.2) is 5.11 Å². The molecular weight excluding hydrogens is 248 g/mol. The molecule has 0 atom stereocenters. The van der Waals surface area contributed by atoms with E-state index in [2.05, 4.69) is 28.9 Å². The van der Waals surface area contributed by atoms with Gasteiger partial charge in [-0.3, -0.25) is 0 Å². The molecule has 1 aromatic carbocycles. The van der Waals surface area contributed by atoms with Crippen LogP contribution >= 0.6 is 27.3 Å². The lowest BCUT2D eigenvalue weighted by atomic mass is 10.1. The molecule has 3 heteroatoms. The molecule has 0 saturated heterocycles. The van der Waals surface area contributed by atoms with Crippen molar-refractivity contribution in [3.05, 3.63) is 28.6 Å². The summed E-state index contributed by atoms with van der Waals surface area (Å²) in [6.45, 7) is 2.06. The second-order valence-corrected chi connectivity index (χ2v) is 4.79. The number of benzene rings is 1. The first kappa shape index (κ1) is 9.03. The van der Waals surface area contributed by atoms with Crippen molar-refractivity contribution in [3.8, 4) is 5.75 Å². The Kier molecular flexibility index (Phi) is 2.30. The molecule has 1 heterocycles. The number of halogens is 1. The smallest absolute Gasteiger partial charge is 0.133 e. The Morgan fingerprint density at radius 1 is 1.46 bits per heavy atom. The van der Waals surface area contributed by atoms with Crippen molar-refractivity contribution in [1.82, 2.24) is 0 Å². The number of thiophene rings is 1. The third-order valence-corrected chi connectivity index (χ3v) is 3.70. The summed E-state index contributed by atoms with van der Waals surface area (Å²) in [6, 6.07) is 5.84. The van der Waals surface area contributed by atoms with Crippen molar-refractivity contribution in [1.29, 1.82) is 0 Å². The molecular formula is C10H9BrOS. The van der Waals surface area contributed by atoms with E-state index in [0.717, 1.165) is 10.0 Å². The van der Waals surface area contributed by atoms with Gasteiger partial charge in [-0.1, -0.05) is 22.0 Å². The highest BCUT2D eigenvalue weighted by Crippen LogP contribution is 2.35. The predicted molar refractivity (Wildman–Crippen MR) is 60.9 cm³/mol. The molecule has 68 valence electrons. The molecule has 0 radical (unpaired) electrons. The fourth-order valence-corrected chi connectivity index (χ4v) is 2.86. The Bertz CT molecular complexity index is 447. The molecule has 0 spiro atoms. The van der Waals surface area contributed by atoms with Crippen molar-refractivity contribution in [2.24, 2.45) is 0 Å². The minimum absolute atomic E-state index is 0.387. The van der Waals surface area contributed by atoms with Crippen LogP contribution in [-0.2, 0) is 5.33 Å². The van der Waals surface area contributed by atoms with Crippen molar-refractivity contribution < 1.29 is 5.11 Å². The SMILES string of the molecule is Cc1cc2c(CBr)ccc(O)c2s1. The molecule has 1 N–H and O–H groups in total. The summed E-state index contributed by atoms with van der Waals surface area (Å²) in [5.41, 5.74) is 1.23. The van der Waals surface area contributed by atoms with E-state index in [0.29, 0.717) is 5.75 Å². The van der Waals surface area contributed by atoms with Gasteiger partial charge >= 0.3 is 0 Å². The fraction of sp³-hybridized carbons (Fsp3) is 0.200. The van der Waals surface area contributed by atoms with E-state index in [4.69, 9.17) is 0 Å². The van der Waals surface area contributed by atoms with E-state index in [1.807, 2.05) is 6.07 Å². The van der Waals surface area contributed by atoms with Gasteiger partial charge in [0.05, 0.1) is 4.70 Å². The third-order valence-electron chi connectivity index (χ3n) is 2.02. The van der Waals surface area contributed by atoms with Gasteiger partial charge in [0.1, 0.15) is 5.75 Å². The molecule has 13 heavy (non-hydrogen) atoms. The number of aryl methyl sites for hydroxylation is 1. The van der Waals surface area contributed by atoms with Crippen LogP contribution in [0.15, 0.2) is 18.2 Å². The normalized spacial score (nSPS) is 10.9. The number of hydrogen-bond acceptors (Lipinski definition) is 2. The number of hydrogen-bond donors (Lipinski definition) is 1. The average Bonchev–Trinajstić information content (AvgIpc) is 2.48. The van der Waals surface area contributed by atoms with Crippen molar-refractivity contribution in [3.63, 3.8) is 0 Å². The van der Waals surface area contributed by atoms with E-state index >= 15 is 0 Å². The quantitative estimate of drug-likeness (QED) is 0.770. The minimum Gasteiger partial charge on any atom is -0.506 e. The van der Waals surface area contributed by atoms with Gasteiger partial charge in [0.15, 0.2) is 0 Å². The van der Waals surface area contributed by atoms with Gasteiger partial charge in [0.25, 0.3) is 0 Å². The molecule has 0 fully saturated rings. The average molecular weight is 257 g/mol. The first-order chi connectivity index (χ1) is 6.22. The van der Waals surface area contributed by atoms with E-state index < -0.39 is 0 Å². The van der Waals surface area contributed by atoms with Gasteiger partial charge in [0.2, 0.25) is 0 Å². The van der Waals surface area contributed by atoms with Crippen molar-refractivity contribution in [2.45, 2.75) is 12.3 Å². The number of phenols is 1. The van der Waals surface area contributed by atoms with Gasteiger partial charge in [0, 0.05) is 15.6 Å². The summed E-state index contributed by atoms with van der Waals surface area (Å²) in [7, 11) is 0. The second-order valence-electron chi connectivity index (χ2n) is 2.98. The van der Waals surface area contributed by atoms with Crippen LogP contribution in [0.3, 0.4) is 0 Å². The summed E-state index contributed by atoms with van der Waals surface area (Å²) in [4.78, 5) is 1.23. The third kappa shape index (κ3) is 1.46. The molecule has 1 nitrogen and oxygen atoms in total. The Hall–Kier alpha value is -0.540. The molecule has 0 aliphatic rings. The molecule has 0 bridgehead atoms. The standard InChI is InChI=1S/C10H9BrOS/c1-6-4-8-7(5-11)2-3-9(12)10(8)13-6/h2-4,12H,5H2,1H3. The van der Waals surface area contributed by atoms with E-state index in [1.54, 1.807) is 17.4 Å². The number of fused-ring (bicyclic) bond motifs is 1. The number of aromatic hydroxyl groups is 1. The maximum atomic E-state index is 9.60. The Labute approximate surface area is 89.1 Å². The van der Waals surface area contributed by atoms with E-state index in [1.165, 1.54) is 15.8 Å². The van der Waals surface area contributed by atoms with Crippen LogP contribution in [0.1, 0.15) is 10.4 Å². The summed E-state index contributed by atoms with van der Waals surface area (Å²) in [5.74, 6) is 0.387. The first-order valence-electron chi connectivity index (χ1n) is 3.99. The predicted octanol–water partition coefficient (Wildman–Crippen LogP) is 3.81. The Balaban J connectivity index is 2.83. The summed E-state index contributed by atoms with van der Waals surface area (Å²) >= 11 is 5.07. The van der Waals surface area contributed by atoms with Crippen LogP contribution in [0, 0.1) is 6.92 Å². The topological polar surface area (TPSA) is 20.2 Å². The summed E-state index contributed by atoms with van der Waals surface area (Å²) in [6.07, 6.45) is 0. The monoisotopic (exact) mass is 256 g/mol. The van der Waals surface area contributed by atoms with Gasteiger partial charge in [-0.25, -0.2) is 0 Å². The second kappa shape index (κ2) is 3.31. The van der Waals surface area contributed by atoms with E-state index in [-0.39, 0.29) is 0 Å². The summed E-state index contributed by atoms with van der Waals surface area (Å²) < 4.78 is 0.995. The highest BCUT2D eigenvalue weighted by molar-refractivity contribution is 9.08. The van der Waals surface area contributed by atoms with Crippen molar-refractivity contribution >= 4 is 37.4 Å². The highest BCUT2D eigenvalue weighted by atomic mass is 79.9. The highest BCUT2D eigenvalue weighted by Gasteiger charge is 2.07. The van der Waals surface area contributed by atoms with Crippen LogP contribution in [0.4, 0.5) is 0 Å². The molecule has 0 saturated carbocycles. The molecule has 0 aliphatic heterocycles. The number of alkyl halides is 1. The maximum Gasteiger partial charge on any atom is 0.133 e. The molecule has 0 unspecified atom stereocenters. The van der Waals surface area contributed by atoms with Gasteiger partial charge in [-0.15, -0.1) is 11.3 Å². The fourth-order valence-electron chi connectivity index (χ4n) is 1.40. The van der Waals surface area contributed by atoms with Gasteiger partial charge < -0.3 is 5.11 Å². The molecule has 2 aromatic rings. The van der Waals surface area contributed by atoms with Crippen LogP contribution < -0.4 is 0 Å². The van der Waals surface area contributed by atoms with Gasteiger partial charge in [-0.05, 0) is 24.6 Å². The van der Waals surface area contributed by atoms with E-state index in [9.17, 15) is 5.11 Å². The number of phenolic OH excluding ortho intramolecular Hbond substituents is 1. The lowest BCUT2D eigenvalue weighted by Gasteiger charge is -1.99. The zero-order valence-corrected chi connectivity index (χ0v) is 9.58.